The van der Waals surface area contributed by atoms with Crippen LogP contribution >= 0.6 is 11.6 Å². The van der Waals surface area contributed by atoms with Crippen LogP contribution in [-0.4, -0.2) is 17.1 Å². The van der Waals surface area contributed by atoms with Crippen molar-refractivity contribution in [1.29, 1.82) is 0 Å². The Hall–Kier alpha value is -1.06. The average Bonchev–Trinajstić information content (AvgIpc) is 2.24. The van der Waals surface area contributed by atoms with Gasteiger partial charge < -0.3 is 10.4 Å². The summed E-state index contributed by atoms with van der Waals surface area (Å²) in [7, 11) is 0. The molecule has 3 nitrogen and oxygen atoms in total. The Morgan fingerprint density at radius 2 is 2.00 bits per heavy atom. The third-order valence-electron chi connectivity index (χ3n) is 3.35. The minimum atomic E-state index is -0.972. The predicted molar refractivity (Wildman–Crippen MR) is 66.8 cm³/mol. The SMILES string of the molecule is CC(O)C(=O)NC1(c2ccc(Cl)cc2)CCC1. The molecule has 4 heteroatoms. The van der Waals surface area contributed by atoms with Crippen LogP contribution in [0.4, 0.5) is 0 Å². The molecule has 0 radical (unpaired) electrons. The predicted octanol–water partition coefficient (Wildman–Crippen LogP) is 2.22. The van der Waals surface area contributed by atoms with Crippen molar-refractivity contribution in [1.82, 2.24) is 5.32 Å². The molecule has 1 fully saturated rings. The number of hydrogen-bond acceptors (Lipinski definition) is 2. The van der Waals surface area contributed by atoms with E-state index in [1.54, 1.807) is 0 Å². The largest absolute Gasteiger partial charge is 0.384 e. The van der Waals surface area contributed by atoms with Crippen LogP contribution < -0.4 is 5.32 Å². The number of benzene rings is 1. The van der Waals surface area contributed by atoms with Crippen molar-refractivity contribution in [2.75, 3.05) is 0 Å². The van der Waals surface area contributed by atoms with Crippen molar-refractivity contribution < 1.29 is 9.90 Å². The zero-order valence-corrected chi connectivity index (χ0v) is 10.5. The fourth-order valence-corrected chi connectivity index (χ4v) is 2.25. The van der Waals surface area contributed by atoms with Crippen LogP contribution in [0.15, 0.2) is 24.3 Å². The fraction of sp³-hybridized carbons (Fsp3) is 0.462. The molecule has 1 saturated carbocycles. The highest BCUT2D eigenvalue weighted by molar-refractivity contribution is 6.30. The van der Waals surface area contributed by atoms with E-state index in [9.17, 15) is 9.90 Å². The van der Waals surface area contributed by atoms with Crippen LogP contribution in [-0.2, 0) is 10.3 Å². The Morgan fingerprint density at radius 3 is 2.41 bits per heavy atom. The van der Waals surface area contributed by atoms with Crippen LogP contribution in [0, 0.1) is 0 Å². The number of carbonyl (C=O) groups excluding carboxylic acids is 1. The van der Waals surface area contributed by atoms with E-state index in [-0.39, 0.29) is 11.4 Å². The minimum absolute atomic E-state index is 0.307. The first-order valence-electron chi connectivity index (χ1n) is 5.80. The maximum absolute atomic E-state index is 11.6. The lowest BCUT2D eigenvalue weighted by molar-refractivity contribution is -0.131. The highest BCUT2D eigenvalue weighted by Gasteiger charge is 2.40. The van der Waals surface area contributed by atoms with Crippen molar-refractivity contribution >= 4 is 17.5 Å². The van der Waals surface area contributed by atoms with Crippen molar-refractivity contribution in [2.24, 2.45) is 0 Å². The van der Waals surface area contributed by atoms with Crippen LogP contribution in [0.2, 0.25) is 5.02 Å². The number of nitrogens with one attached hydrogen (secondary N) is 1. The summed E-state index contributed by atoms with van der Waals surface area (Å²) < 4.78 is 0. The molecule has 2 N–H and O–H groups in total. The fourth-order valence-electron chi connectivity index (χ4n) is 2.13. The van der Waals surface area contributed by atoms with E-state index in [0.29, 0.717) is 5.02 Å². The number of carbonyl (C=O) groups is 1. The maximum atomic E-state index is 11.6. The van der Waals surface area contributed by atoms with E-state index in [1.165, 1.54) is 6.92 Å². The van der Waals surface area contributed by atoms with Gasteiger partial charge in [0.05, 0.1) is 5.54 Å². The monoisotopic (exact) mass is 253 g/mol. The minimum Gasteiger partial charge on any atom is -0.384 e. The molecule has 0 heterocycles. The van der Waals surface area contributed by atoms with E-state index < -0.39 is 6.10 Å². The standard InChI is InChI=1S/C13H16ClNO2/c1-9(16)12(17)15-13(7-2-8-13)10-3-5-11(14)6-4-10/h3-6,9,16H,2,7-8H2,1H3,(H,15,17). The van der Waals surface area contributed by atoms with Crippen molar-refractivity contribution in [3.8, 4) is 0 Å². The summed E-state index contributed by atoms with van der Waals surface area (Å²) in [4.78, 5) is 11.6. The molecule has 17 heavy (non-hydrogen) atoms. The smallest absolute Gasteiger partial charge is 0.249 e. The van der Waals surface area contributed by atoms with Crippen LogP contribution in [0.5, 0.6) is 0 Å². The van der Waals surface area contributed by atoms with E-state index >= 15 is 0 Å². The van der Waals surface area contributed by atoms with Gasteiger partial charge in [0.1, 0.15) is 6.10 Å². The maximum Gasteiger partial charge on any atom is 0.249 e. The van der Waals surface area contributed by atoms with E-state index in [0.717, 1.165) is 24.8 Å². The topological polar surface area (TPSA) is 49.3 Å². The molecule has 0 bridgehead atoms. The molecule has 1 aliphatic rings. The van der Waals surface area contributed by atoms with Gasteiger partial charge in [0.25, 0.3) is 0 Å². The molecule has 0 saturated heterocycles. The van der Waals surface area contributed by atoms with Crippen LogP contribution in [0.3, 0.4) is 0 Å². The number of amides is 1. The second kappa shape index (κ2) is 4.67. The summed E-state index contributed by atoms with van der Waals surface area (Å²) in [5, 5.41) is 12.9. The molecule has 1 aromatic carbocycles. The Bertz CT molecular complexity index is 410. The van der Waals surface area contributed by atoms with Gasteiger partial charge in [-0.1, -0.05) is 23.7 Å². The summed E-state index contributed by atoms with van der Waals surface area (Å²) in [5.74, 6) is -0.320. The number of hydrogen-bond donors (Lipinski definition) is 2. The third-order valence-corrected chi connectivity index (χ3v) is 3.60. The number of aliphatic hydroxyl groups is 1. The average molecular weight is 254 g/mol. The lowest BCUT2D eigenvalue weighted by Crippen LogP contribution is -2.53. The van der Waals surface area contributed by atoms with Gasteiger partial charge in [-0.25, -0.2) is 0 Å². The molecule has 0 aliphatic heterocycles. The number of halogens is 1. The molecule has 1 aromatic rings. The first-order valence-corrected chi connectivity index (χ1v) is 6.17. The molecule has 1 aliphatic carbocycles. The van der Waals surface area contributed by atoms with Crippen molar-refractivity contribution in [3.05, 3.63) is 34.9 Å². The summed E-state index contributed by atoms with van der Waals surface area (Å²) >= 11 is 5.85. The zero-order chi connectivity index (χ0) is 12.5. The normalized spacial score (nSPS) is 19.2. The Kier molecular flexibility index (Phi) is 3.40. The van der Waals surface area contributed by atoms with E-state index in [1.807, 2.05) is 24.3 Å². The first-order chi connectivity index (χ1) is 8.03. The highest BCUT2D eigenvalue weighted by atomic mass is 35.5. The number of aliphatic hydroxyl groups excluding tert-OH is 1. The molecular weight excluding hydrogens is 238 g/mol. The van der Waals surface area contributed by atoms with Gasteiger partial charge >= 0.3 is 0 Å². The van der Waals surface area contributed by atoms with Gasteiger partial charge in [0.15, 0.2) is 0 Å². The second-order valence-electron chi connectivity index (χ2n) is 4.61. The first kappa shape index (κ1) is 12.4. The van der Waals surface area contributed by atoms with Gasteiger partial charge in [-0.05, 0) is 43.9 Å². The molecule has 92 valence electrons. The zero-order valence-electron chi connectivity index (χ0n) is 9.74. The molecule has 0 spiro atoms. The molecule has 0 aromatic heterocycles. The molecule has 2 rings (SSSR count). The van der Waals surface area contributed by atoms with Crippen molar-refractivity contribution in [3.63, 3.8) is 0 Å². The summed E-state index contributed by atoms with van der Waals surface area (Å²) in [5.41, 5.74) is 0.751. The lowest BCUT2D eigenvalue weighted by atomic mass is 9.71. The van der Waals surface area contributed by atoms with Gasteiger partial charge in [0, 0.05) is 5.02 Å². The van der Waals surface area contributed by atoms with Gasteiger partial charge in [0.2, 0.25) is 5.91 Å². The lowest BCUT2D eigenvalue weighted by Gasteiger charge is -2.43. The van der Waals surface area contributed by atoms with Crippen LogP contribution in [0.25, 0.3) is 0 Å². The summed E-state index contributed by atoms with van der Waals surface area (Å²) in [6.45, 7) is 1.48. The van der Waals surface area contributed by atoms with Gasteiger partial charge in [-0.15, -0.1) is 0 Å². The molecular formula is C13H16ClNO2. The Balaban J connectivity index is 2.20. The summed E-state index contributed by atoms with van der Waals surface area (Å²) in [6, 6.07) is 7.52. The Labute approximate surface area is 106 Å². The highest BCUT2D eigenvalue weighted by Crippen LogP contribution is 2.41. The van der Waals surface area contributed by atoms with E-state index in [4.69, 9.17) is 11.6 Å². The Morgan fingerprint density at radius 1 is 1.41 bits per heavy atom. The third kappa shape index (κ3) is 2.45. The summed E-state index contributed by atoms with van der Waals surface area (Å²) in [6.07, 6.45) is 1.93. The van der Waals surface area contributed by atoms with Crippen molar-refractivity contribution in [2.45, 2.75) is 37.8 Å². The number of rotatable bonds is 3. The molecule has 1 unspecified atom stereocenters. The van der Waals surface area contributed by atoms with Gasteiger partial charge in [-0.3, -0.25) is 4.79 Å². The molecule has 1 atom stereocenters. The van der Waals surface area contributed by atoms with Crippen LogP contribution in [0.1, 0.15) is 31.7 Å². The van der Waals surface area contributed by atoms with E-state index in [2.05, 4.69) is 5.32 Å². The quantitative estimate of drug-likeness (QED) is 0.868. The second-order valence-corrected chi connectivity index (χ2v) is 5.04. The van der Waals surface area contributed by atoms with Gasteiger partial charge in [-0.2, -0.15) is 0 Å². The molecule has 1 amide bonds.